The van der Waals surface area contributed by atoms with Gasteiger partial charge in [0.2, 0.25) is 0 Å². The summed E-state index contributed by atoms with van der Waals surface area (Å²) in [6, 6.07) is 9.44. The fraction of sp³-hybridized carbons (Fsp3) is 0.417. The Morgan fingerprint density at radius 1 is 1.38 bits per heavy atom. The van der Waals surface area contributed by atoms with Gasteiger partial charge in [0.25, 0.3) is 0 Å². The number of aliphatic carboxylic acids is 1. The number of rotatable bonds is 6. The van der Waals surface area contributed by atoms with E-state index in [-0.39, 0.29) is 12.5 Å². The van der Waals surface area contributed by atoms with Crippen LogP contribution in [0, 0.1) is 0 Å². The van der Waals surface area contributed by atoms with Crippen molar-refractivity contribution in [2.24, 2.45) is 0 Å². The minimum atomic E-state index is -0.985. The predicted octanol–water partition coefficient (Wildman–Crippen LogP) is 0.653. The summed E-state index contributed by atoms with van der Waals surface area (Å²) in [7, 11) is 1.72. The average molecular weight is 223 g/mol. The van der Waals surface area contributed by atoms with Gasteiger partial charge in [0.1, 0.15) is 0 Å². The van der Waals surface area contributed by atoms with Crippen molar-refractivity contribution in [3.05, 3.63) is 35.9 Å². The van der Waals surface area contributed by atoms with E-state index < -0.39 is 12.1 Å². The van der Waals surface area contributed by atoms with Gasteiger partial charge in [0.05, 0.1) is 12.5 Å². The molecule has 0 saturated carbocycles. The number of carboxylic acids is 1. The van der Waals surface area contributed by atoms with Gasteiger partial charge < -0.3 is 15.5 Å². The fourth-order valence-electron chi connectivity index (χ4n) is 1.62. The zero-order chi connectivity index (χ0) is 12.0. The van der Waals surface area contributed by atoms with Gasteiger partial charge in [-0.1, -0.05) is 30.3 Å². The van der Waals surface area contributed by atoms with Gasteiger partial charge in [-0.15, -0.1) is 0 Å². The monoisotopic (exact) mass is 223 g/mol. The lowest BCUT2D eigenvalue weighted by molar-refractivity contribution is -0.139. The Hall–Kier alpha value is -1.39. The molecule has 1 aromatic rings. The number of hydrogen-bond donors (Lipinski definition) is 3. The molecule has 0 aliphatic carbocycles. The second-order valence-electron chi connectivity index (χ2n) is 3.75. The molecule has 1 rings (SSSR count). The number of hydrogen-bond acceptors (Lipinski definition) is 3. The lowest BCUT2D eigenvalue weighted by Crippen LogP contribution is -2.40. The third kappa shape index (κ3) is 4.00. The van der Waals surface area contributed by atoms with Gasteiger partial charge in [-0.3, -0.25) is 4.79 Å². The summed E-state index contributed by atoms with van der Waals surface area (Å²) in [6.45, 7) is 0. The molecule has 0 aliphatic heterocycles. The molecule has 2 atom stereocenters. The summed E-state index contributed by atoms with van der Waals surface area (Å²) in [5.74, 6) is -0.985. The maximum Gasteiger partial charge on any atom is 0.306 e. The van der Waals surface area contributed by atoms with Crippen LogP contribution in [0.1, 0.15) is 12.0 Å². The summed E-state index contributed by atoms with van der Waals surface area (Å²) in [4.78, 5) is 10.5. The third-order valence-corrected chi connectivity index (χ3v) is 2.52. The van der Waals surface area contributed by atoms with Crippen LogP contribution in [0.5, 0.6) is 0 Å². The van der Waals surface area contributed by atoms with E-state index in [1.807, 2.05) is 30.3 Å². The molecule has 1 aromatic carbocycles. The standard InChI is InChI=1S/C12H17NO3/c1-13-10(11(14)8-12(15)16)7-9-5-3-2-4-6-9/h2-6,10-11,13-14H,7-8H2,1H3,(H,15,16)/t10-,11+/m0/s1. The maximum absolute atomic E-state index is 10.5. The number of carbonyl (C=O) groups is 1. The highest BCUT2D eigenvalue weighted by Gasteiger charge is 2.20. The van der Waals surface area contributed by atoms with Crippen LogP contribution in [0.2, 0.25) is 0 Å². The van der Waals surface area contributed by atoms with E-state index in [0.29, 0.717) is 6.42 Å². The summed E-state index contributed by atoms with van der Waals surface area (Å²) < 4.78 is 0. The molecular weight excluding hydrogens is 206 g/mol. The second-order valence-corrected chi connectivity index (χ2v) is 3.75. The Morgan fingerprint density at radius 2 is 2.00 bits per heavy atom. The maximum atomic E-state index is 10.5. The number of nitrogens with one attached hydrogen (secondary N) is 1. The van der Waals surface area contributed by atoms with Gasteiger partial charge >= 0.3 is 5.97 Å². The molecule has 88 valence electrons. The van der Waals surface area contributed by atoms with E-state index in [9.17, 15) is 9.90 Å². The zero-order valence-corrected chi connectivity index (χ0v) is 9.26. The van der Waals surface area contributed by atoms with E-state index in [0.717, 1.165) is 5.56 Å². The minimum absolute atomic E-state index is 0.238. The van der Waals surface area contributed by atoms with E-state index in [1.165, 1.54) is 0 Å². The van der Waals surface area contributed by atoms with Crippen LogP contribution in [0.15, 0.2) is 30.3 Å². The van der Waals surface area contributed by atoms with Crippen LogP contribution < -0.4 is 5.32 Å². The number of benzene rings is 1. The summed E-state index contributed by atoms with van der Waals surface area (Å²) in [6.07, 6.45) is -0.493. The summed E-state index contributed by atoms with van der Waals surface area (Å²) in [5, 5.41) is 21.2. The number of aliphatic hydroxyl groups is 1. The zero-order valence-electron chi connectivity index (χ0n) is 9.26. The number of aliphatic hydroxyl groups excluding tert-OH is 1. The van der Waals surface area contributed by atoms with Crippen LogP contribution >= 0.6 is 0 Å². The van der Waals surface area contributed by atoms with Crippen LogP contribution in [0.25, 0.3) is 0 Å². The minimum Gasteiger partial charge on any atom is -0.481 e. The Morgan fingerprint density at radius 3 is 2.50 bits per heavy atom. The fourth-order valence-corrected chi connectivity index (χ4v) is 1.62. The first-order valence-corrected chi connectivity index (χ1v) is 5.24. The first-order chi connectivity index (χ1) is 7.63. The quantitative estimate of drug-likeness (QED) is 0.662. The summed E-state index contributed by atoms with van der Waals surface area (Å²) in [5.41, 5.74) is 1.08. The smallest absolute Gasteiger partial charge is 0.306 e. The first-order valence-electron chi connectivity index (χ1n) is 5.24. The van der Waals surface area contributed by atoms with Crippen molar-refractivity contribution in [1.29, 1.82) is 0 Å². The molecule has 0 radical (unpaired) electrons. The van der Waals surface area contributed by atoms with E-state index >= 15 is 0 Å². The molecule has 0 unspecified atom stereocenters. The highest BCUT2D eigenvalue weighted by molar-refractivity contribution is 5.67. The van der Waals surface area contributed by atoms with Crippen molar-refractivity contribution in [3.63, 3.8) is 0 Å². The molecule has 16 heavy (non-hydrogen) atoms. The molecule has 0 fully saturated rings. The largest absolute Gasteiger partial charge is 0.481 e. The SMILES string of the molecule is CN[C@@H](Cc1ccccc1)[C@H](O)CC(=O)O. The molecule has 0 bridgehead atoms. The normalized spacial score (nSPS) is 14.4. The molecule has 3 N–H and O–H groups in total. The predicted molar refractivity (Wildman–Crippen MR) is 61.3 cm³/mol. The molecular formula is C12H17NO3. The topological polar surface area (TPSA) is 69.6 Å². The van der Waals surface area contributed by atoms with Gasteiger partial charge in [-0.05, 0) is 19.0 Å². The molecule has 0 aliphatic rings. The molecule has 0 amide bonds. The van der Waals surface area contributed by atoms with Crippen LogP contribution in [-0.4, -0.2) is 35.4 Å². The van der Waals surface area contributed by atoms with E-state index in [4.69, 9.17) is 5.11 Å². The Kier molecular flexibility index (Phi) is 4.95. The van der Waals surface area contributed by atoms with E-state index in [1.54, 1.807) is 7.05 Å². The van der Waals surface area contributed by atoms with Crippen molar-refractivity contribution >= 4 is 5.97 Å². The van der Waals surface area contributed by atoms with Crippen molar-refractivity contribution in [2.45, 2.75) is 25.0 Å². The average Bonchev–Trinajstić information content (AvgIpc) is 2.26. The number of likely N-dealkylation sites (N-methyl/N-ethyl adjacent to an activating group) is 1. The molecule has 4 nitrogen and oxygen atoms in total. The number of carboxylic acid groups (broad SMARTS) is 1. The van der Waals surface area contributed by atoms with Crippen molar-refractivity contribution in [2.75, 3.05) is 7.05 Å². The molecule has 0 spiro atoms. The van der Waals surface area contributed by atoms with Gasteiger partial charge in [0.15, 0.2) is 0 Å². The lowest BCUT2D eigenvalue weighted by Gasteiger charge is -2.21. The van der Waals surface area contributed by atoms with Crippen LogP contribution in [-0.2, 0) is 11.2 Å². The van der Waals surface area contributed by atoms with Crippen LogP contribution in [0.3, 0.4) is 0 Å². The summed E-state index contributed by atoms with van der Waals surface area (Å²) >= 11 is 0. The third-order valence-electron chi connectivity index (χ3n) is 2.52. The first kappa shape index (κ1) is 12.7. The molecule has 0 saturated heterocycles. The van der Waals surface area contributed by atoms with Gasteiger partial charge in [-0.2, -0.15) is 0 Å². The Labute approximate surface area is 94.9 Å². The lowest BCUT2D eigenvalue weighted by atomic mass is 9.99. The van der Waals surface area contributed by atoms with Crippen molar-refractivity contribution < 1.29 is 15.0 Å². The van der Waals surface area contributed by atoms with Crippen molar-refractivity contribution in [3.8, 4) is 0 Å². The molecule has 4 heteroatoms. The second kappa shape index (κ2) is 6.25. The Balaban J connectivity index is 2.58. The molecule has 0 heterocycles. The molecule has 0 aromatic heterocycles. The van der Waals surface area contributed by atoms with Crippen LogP contribution in [0.4, 0.5) is 0 Å². The van der Waals surface area contributed by atoms with Crippen molar-refractivity contribution in [1.82, 2.24) is 5.32 Å². The van der Waals surface area contributed by atoms with Gasteiger partial charge in [-0.25, -0.2) is 0 Å². The Bertz CT molecular complexity index is 326. The highest BCUT2D eigenvalue weighted by atomic mass is 16.4. The highest BCUT2D eigenvalue weighted by Crippen LogP contribution is 2.08. The van der Waals surface area contributed by atoms with Gasteiger partial charge in [0, 0.05) is 6.04 Å². The van der Waals surface area contributed by atoms with E-state index in [2.05, 4.69) is 5.32 Å².